The molecule has 0 aliphatic carbocycles. The Labute approximate surface area is 154 Å². The second-order valence-electron chi connectivity index (χ2n) is 5.54. The topological polar surface area (TPSA) is 212 Å². The van der Waals surface area contributed by atoms with Crippen LogP contribution in [0.1, 0.15) is 0 Å². The standard InChI is InChI=1S/C12H14FN2O12P/c13-9-11(17)10(16)8(4-25-28(22,23)24)27-12(9)26-7-2-1-5(14(18)19)3-6(7)15(20)21/h1-3,8-12,16-17H,4H2,(H2,22,23,24)/t8-,9-,10+,11-,12-/m1/s1. The van der Waals surface area contributed by atoms with E-state index in [0.717, 1.165) is 12.1 Å². The maximum atomic E-state index is 14.2. The van der Waals surface area contributed by atoms with Crippen LogP contribution in [0.4, 0.5) is 15.8 Å². The van der Waals surface area contributed by atoms with Crippen molar-refractivity contribution in [1.82, 2.24) is 0 Å². The molecule has 1 aromatic carbocycles. The Bertz CT molecular complexity index is 803. The Morgan fingerprint density at radius 1 is 1.18 bits per heavy atom. The Kier molecular flexibility index (Phi) is 6.61. The first-order valence-electron chi connectivity index (χ1n) is 7.36. The van der Waals surface area contributed by atoms with E-state index in [1.165, 1.54) is 0 Å². The highest BCUT2D eigenvalue weighted by Gasteiger charge is 2.47. The Morgan fingerprint density at radius 2 is 1.82 bits per heavy atom. The van der Waals surface area contributed by atoms with Gasteiger partial charge in [0.15, 0.2) is 6.17 Å². The molecule has 1 heterocycles. The van der Waals surface area contributed by atoms with Gasteiger partial charge >= 0.3 is 13.5 Å². The molecule has 0 saturated carbocycles. The largest absolute Gasteiger partial charge is 0.469 e. The fourth-order valence-corrected chi connectivity index (χ4v) is 2.63. The second-order valence-corrected chi connectivity index (χ2v) is 6.78. The number of ether oxygens (including phenoxy) is 2. The minimum atomic E-state index is -4.98. The quantitative estimate of drug-likeness (QED) is 0.252. The van der Waals surface area contributed by atoms with Gasteiger partial charge in [-0.3, -0.25) is 24.8 Å². The molecule has 0 spiro atoms. The van der Waals surface area contributed by atoms with Crippen molar-refractivity contribution in [2.45, 2.75) is 30.8 Å². The lowest BCUT2D eigenvalue weighted by Gasteiger charge is -2.38. The summed E-state index contributed by atoms with van der Waals surface area (Å²) >= 11 is 0. The molecule has 28 heavy (non-hydrogen) atoms. The second kappa shape index (κ2) is 8.40. The summed E-state index contributed by atoms with van der Waals surface area (Å²) < 4.78 is 39.1. The van der Waals surface area contributed by atoms with Crippen LogP contribution in [-0.2, 0) is 13.8 Å². The Hall–Kier alpha value is -2.26. The van der Waals surface area contributed by atoms with Crippen molar-refractivity contribution in [3.05, 3.63) is 38.4 Å². The van der Waals surface area contributed by atoms with Crippen molar-refractivity contribution in [2.75, 3.05) is 6.61 Å². The number of halogens is 1. The molecule has 0 aromatic heterocycles. The zero-order chi connectivity index (χ0) is 21.2. The van der Waals surface area contributed by atoms with Gasteiger partial charge in [0.1, 0.15) is 18.3 Å². The monoisotopic (exact) mass is 428 g/mol. The molecule has 1 saturated heterocycles. The van der Waals surface area contributed by atoms with Gasteiger partial charge in [-0.2, -0.15) is 0 Å². The van der Waals surface area contributed by atoms with E-state index in [1.54, 1.807) is 0 Å². The molecule has 4 N–H and O–H groups in total. The first-order chi connectivity index (χ1) is 12.9. The lowest BCUT2D eigenvalue weighted by molar-refractivity contribution is -0.395. The molecule has 0 radical (unpaired) electrons. The van der Waals surface area contributed by atoms with Gasteiger partial charge in [0.2, 0.25) is 12.0 Å². The molecule has 0 amide bonds. The van der Waals surface area contributed by atoms with Crippen molar-refractivity contribution >= 4 is 19.2 Å². The number of benzene rings is 1. The zero-order valence-electron chi connectivity index (χ0n) is 13.6. The molecule has 2 rings (SSSR count). The molecule has 1 aromatic rings. The molecule has 1 aliphatic rings. The minimum absolute atomic E-state index is 0.561. The van der Waals surface area contributed by atoms with E-state index in [-0.39, 0.29) is 0 Å². The fourth-order valence-electron chi connectivity index (χ4n) is 2.29. The number of aliphatic hydroxyl groups excluding tert-OH is 2. The van der Waals surface area contributed by atoms with Crippen molar-refractivity contribution in [1.29, 1.82) is 0 Å². The predicted octanol–water partition coefficient (Wildman–Crippen LogP) is -0.224. The van der Waals surface area contributed by atoms with Crippen LogP contribution >= 0.6 is 7.82 Å². The summed E-state index contributed by atoms with van der Waals surface area (Å²) in [4.78, 5) is 37.2. The summed E-state index contributed by atoms with van der Waals surface area (Å²) in [6.45, 7) is -0.961. The highest BCUT2D eigenvalue weighted by Crippen LogP contribution is 2.38. The van der Waals surface area contributed by atoms with E-state index in [9.17, 15) is 39.4 Å². The number of hydrogen-bond acceptors (Lipinski definition) is 10. The van der Waals surface area contributed by atoms with Crippen LogP contribution in [0, 0.1) is 20.2 Å². The lowest BCUT2D eigenvalue weighted by atomic mass is 10.0. The van der Waals surface area contributed by atoms with Gasteiger partial charge in [0.05, 0.1) is 22.5 Å². The van der Waals surface area contributed by atoms with E-state index < -0.39 is 72.2 Å². The average Bonchev–Trinajstić information content (AvgIpc) is 2.60. The van der Waals surface area contributed by atoms with Crippen LogP contribution in [0.15, 0.2) is 18.2 Å². The first kappa shape index (κ1) is 22.0. The van der Waals surface area contributed by atoms with E-state index >= 15 is 0 Å². The lowest BCUT2D eigenvalue weighted by Crippen LogP contribution is -2.58. The van der Waals surface area contributed by atoms with Crippen molar-refractivity contribution < 1.29 is 52.8 Å². The van der Waals surface area contributed by atoms with E-state index in [0.29, 0.717) is 6.07 Å². The number of hydrogen-bond donors (Lipinski definition) is 4. The number of rotatable bonds is 7. The first-order valence-corrected chi connectivity index (χ1v) is 8.89. The molecule has 1 fully saturated rings. The third-order valence-corrected chi connectivity index (χ3v) is 4.11. The molecular weight excluding hydrogens is 414 g/mol. The van der Waals surface area contributed by atoms with Gasteiger partial charge in [0.25, 0.3) is 5.69 Å². The molecule has 5 atom stereocenters. The van der Waals surface area contributed by atoms with Gasteiger partial charge < -0.3 is 29.5 Å². The summed E-state index contributed by atoms with van der Waals surface area (Å²) in [6, 6.07) is 2.22. The number of nitro benzene ring substituents is 2. The SMILES string of the molecule is O=[N+]([O-])c1ccc(O[C@@H]2O[C@H](COP(=O)(O)O)[C@H](O)[C@H](O)[C@H]2F)c([N+](=O)[O-])c1. The van der Waals surface area contributed by atoms with Gasteiger partial charge in [-0.05, 0) is 6.07 Å². The molecule has 156 valence electrons. The van der Waals surface area contributed by atoms with E-state index in [1.807, 2.05) is 0 Å². The Morgan fingerprint density at radius 3 is 2.36 bits per heavy atom. The maximum Gasteiger partial charge on any atom is 0.469 e. The maximum absolute atomic E-state index is 14.2. The number of non-ortho nitro benzene ring substituents is 1. The highest BCUT2D eigenvalue weighted by molar-refractivity contribution is 7.46. The Balaban J connectivity index is 2.25. The van der Waals surface area contributed by atoms with Crippen LogP contribution in [0.3, 0.4) is 0 Å². The molecule has 0 unspecified atom stereocenters. The summed E-state index contributed by atoms with van der Waals surface area (Å²) in [6.07, 6.45) is -10.2. The smallest absolute Gasteiger partial charge is 0.454 e. The number of phosphoric ester groups is 1. The van der Waals surface area contributed by atoms with Crippen LogP contribution in [0.2, 0.25) is 0 Å². The highest BCUT2D eigenvalue weighted by atomic mass is 31.2. The number of phosphoric acid groups is 1. The van der Waals surface area contributed by atoms with Gasteiger partial charge in [-0.25, -0.2) is 8.96 Å². The molecular formula is C12H14FN2O12P. The zero-order valence-corrected chi connectivity index (χ0v) is 14.5. The third kappa shape index (κ3) is 5.17. The van der Waals surface area contributed by atoms with Crippen LogP contribution in [-0.4, -0.2) is 67.2 Å². The van der Waals surface area contributed by atoms with Crippen molar-refractivity contribution in [2.24, 2.45) is 0 Å². The summed E-state index contributed by atoms with van der Waals surface area (Å²) in [7, 11) is -4.98. The summed E-state index contributed by atoms with van der Waals surface area (Å²) in [5, 5.41) is 41.3. The molecule has 16 heteroatoms. The minimum Gasteiger partial charge on any atom is -0.454 e. The van der Waals surface area contributed by atoms with Gasteiger partial charge in [0, 0.05) is 6.07 Å². The summed E-state index contributed by atoms with van der Waals surface area (Å²) in [5.74, 6) is -0.638. The van der Waals surface area contributed by atoms with Crippen LogP contribution < -0.4 is 4.74 Å². The molecule has 0 bridgehead atoms. The van der Waals surface area contributed by atoms with E-state index in [4.69, 9.17) is 19.3 Å². The average molecular weight is 428 g/mol. The molecule has 14 nitrogen and oxygen atoms in total. The normalized spacial score (nSPS) is 28.0. The van der Waals surface area contributed by atoms with Gasteiger partial charge in [-0.1, -0.05) is 0 Å². The van der Waals surface area contributed by atoms with Gasteiger partial charge in [-0.15, -0.1) is 0 Å². The number of aliphatic hydroxyl groups is 2. The molecule has 1 aliphatic heterocycles. The number of alkyl halides is 1. The van der Waals surface area contributed by atoms with E-state index in [2.05, 4.69) is 4.52 Å². The predicted molar refractivity (Wildman–Crippen MR) is 83.9 cm³/mol. The van der Waals surface area contributed by atoms with Crippen LogP contribution in [0.5, 0.6) is 5.75 Å². The third-order valence-electron chi connectivity index (χ3n) is 3.63. The fraction of sp³-hybridized carbons (Fsp3) is 0.500. The number of nitrogens with zero attached hydrogens (tertiary/aromatic N) is 2. The summed E-state index contributed by atoms with van der Waals surface area (Å²) in [5.41, 5.74) is -1.53. The van der Waals surface area contributed by atoms with Crippen LogP contribution in [0.25, 0.3) is 0 Å². The van der Waals surface area contributed by atoms with Crippen molar-refractivity contribution in [3.63, 3.8) is 0 Å². The van der Waals surface area contributed by atoms with Crippen molar-refractivity contribution in [3.8, 4) is 5.75 Å². The number of nitro groups is 2.